The van der Waals surface area contributed by atoms with Gasteiger partial charge in [0.05, 0.1) is 5.25 Å². The van der Waals surface area contributed by atoms with Crippen LogP contribution >= 0.6 is 11.8 Å². The van der Waals surface area contributed by atoms with Crippen molar-refractivity contribution in [1.82, 2.24) is 5.32 Å². The molecule has 7 nitrogen and oxygen atoms in total. The van der Waals surface area contributed by atoms with E-state index >= 15 is 0 Å². The highest BCUT2D eigenvalue weighted by Gasteiger charge is 2.31. The van der Waals surface area contributed by atoms with Crippen molar-refractivity contribution in [1.29, 1.82) is 0 Å². The van der Waals surface area contributed by atoms with Crippen LogP contribution in [0.5, 0.6) is 0 Å². The van der Waals surface area contributed by atoms with Gasteiger partial charge in [0.2, 0.25) is 5.91 Å². The molecule has 1 unspecified atom stereocenters. The van der Waals surface area contributed by atoms with Crippen LogP contribution in [-0.2, 0) is 11.2 Å². The molecule has 0 spiro atoms. The molecule has 4 rings (SSSR count). The highest BCUT2D eigenvalue weighted by molar-refractivity contribution is 8.15. The molecule has 1 aliphatic heterocycles. The first-order chi connectivity index (χ1) is 13.9. The van der Waals surface area contributed by atoms with Crippen molar-refractivity contribution in [3.63, 3.8) is 0 Å². The fourth-order valence-corrected chi connectivity index (χ4v) is 3.80. The van der Waals surface area contributed by atoms with Gasteiger partial charge in [0.15, 0.2) is 11.2 Å². The second kappa shape index (κ2) is 7.51. The number of halogens is 1. The van der Waals surface area contributed by atoms with Crippen molar-refractivity contribution in [3.05, 3.63) is 75.9 Å². The Morgan fingerprint density at radius 3 is 2.59 bits per heavy atom. The van der Waals surface area contributed by atoms with Gasteiger partial charge in [-0.05, 0) is 36.2 Å². The minimum atomic E-state index is -0.713. The molecule has 29 heavy (non-hydrogen) atoms. The summed E-state index contributed by atoms with van der Waals surface area (Å²) in [6, 6.07) is 11.6. The van der Waals surface area contributed by atoms with Gasteiger partial charge in [-0.15, -0.1) is 0 Å². The summed E-state index contributed by atoms with van der Waals surface area (Å²) in [5.41, 5.74) is 0.602. The van der Waals surface area contributed by atoms with E-state index in [1.165, 1.54) is 12.1 Å². The SMILES string of the molecule is O=C1NC(=O)C(Cc2ccc(NC(=O)c3cc(=O)c4c(F)cccc4o3)cc2)S1. The number of fused-ring (bicyclic) bond motifs is 1. The molecule has 146 valence electrons. The Hall–Kier alpha value is -3.46. The third kappa shape index (κ3) is 3.90. The molecule has 3 amide bonds. The van der Waals surface area contributed by atoms with Crippen molar-refractivity contribution in [2.45, 2.75) is 11.7 Å². The lowest BCUT2D eigenvalue weighted by Gasteiger charge is -2.08. The van der Waals surface area contributed by atoms with E-state index in [0.29, 0.717) is 12.1 Å². The molecule has 9 heteroatoms. The Labute approximate surface area is 167 Å². The van der Waals surface area contributed by atoms with Crippen LogP contribution in [0.1, 0.15) is 16.1 Å². The molecule has 1 aromatic heterocycles. The van der Waals surface area contributed by atoms with Gasteiger partial charge in [-0.1, -0.05) is 30.0 Å². The van der Waals surface area contributed by atoms with E-state index in [1.54, 1.807) is 24.3 Å². The van der Waals surface area contributed by atoms with E-state index in [9.17, 15) is 23.6 Å². The van der Waals surface area contributed by atoms with Crippen molar-refractivity contribution < 1.29 is 23.2 Å². The molecule has 2 N–H and O–H groups in total. The minimum absolute atomic E-state index is 0.0140. The normalized spacial score (nSPS) is 16.1. The van der Waals surface area contributed by atoms with Crippen molar-refractivity contribution in [3.8, 4) is 0 Å². The average Bonchev–Trinajstić information content (AvgIpc) is 3.00. The second-order valence-electron chi connectivity index (χ2n) is 6.33. The number of hydrogen-bond donors (Lipinski definition) is 2. The Bertz CT molecular complexity index is 1210. The first kappa shape index (κ1) is 18.9. The predicted octanol–water partition coefficient (Wildman–Crippen LogP) is 3.08. The van der Waals surface area contributed by atoms with Gasteiger partial charge in [-0.3, -0.25) is 24.5 Å². The summed E-state index contributed by atoms with van der Waals surface area (Å²) < 4.78 is 19.1. The third-order valence-corrected chi connectivity index (χ3v) is 5.31. The van der Waals surface area contributed by atoms with Crippen LogP contribution in [-0.4, -0.2) is 22.3 Å². The maximum atomic E-state index is 13.8. The number of thioether (sulfide) groups is 1. The predicted molar refractivity (Wildman–Crippen MR) is 105 cm³/mol. The summed E-state index contributed by atoms with van der Waals surface area (Å²) >= 11 is 0.946. The van der Waals surface area contributed by atoms with Crippen LogP contribution < -0.4 is 16.1 Å². The summed E-state index contributed by atoms with van der Waals surface area (Å²) in [6.07, 6.45) is 0.377. The molecule has 1 fully saturated rings. The Morgan fingerprint density at radius 2 is 1.90 bits per heavy atom. The number of hydrogen-bond acceptors (Lipinski definition) is 6. The van der Waals surface area contributed by atoms with E-state index in [0.717, 1.165) is 29.5 Å². The quantitative estimate of drug-likeness (QED) is 0.682. The van der Waals surface area contributed by atoms with Crippen LogP contribution in [0.2, 0.25) is 0 Å². The molecule has 2 aromatic carbocycles. The van der Waals surface area contributed by atoms with E-state index < -0.39 is 22.4 Å². The summed E-state index contributed by atoms with van der Waals surface area (Å²) in [7, 11) is 0. The maximum absolute atomic E-state index is 13.8. The van der Waals surface area contributed by atoms with Crippen LogP contribution in [0.25, 0.3) is 11.0 Å². The lowest BCUT2D eigenvalue weighted by molar-refractivity contribution is -0.118. The molecule has 0 aliphatic carbocycles. The first-order valence-corrected chi connectivity index (χ1v) is 9.43. The van der Waals surface area contributed by atoms with Gasteiger partial charge in [0.1, 0.15) is 16.8 Å². The van der Waals surface area contributed by atoms with Gasteiger partial charge >= 0.3 is 0 Å². The van der Waals surface area contributed by atoms with E-state index in [2.05, 4.69) is 10.6 Å². The monoisotopic (exact) mass is 412 g/mol. The summed E-state index contributed by atoms with van der Waals surface area (Å²) in [6.45, 7) is 0. The largest absolute Gasteiger partial charge is 0.451 e. The number of carbonyl (C=O) groups excluding carboxylic acids is 3. The lowest BCUT2D eigenvalue weighted by Crippen LogP contribution is -2.25. The molecule has 1 saturated heterocycles. The van der Waals surface area contributed by atoms with E-state index in [1.807, 2.05) is 0 Å². The third-order valence-electron chi connectivity index (χ3n) is 4.33. The Morgan fingerprint density at radius 1 is 1.14 bits per heavy atom. The smallest absolute Gasteiger partial charge is 0.291 e. The van der Waals surface area contributed by atoms with Crippen LogP contribution in [0, 0.1) is 5.82 Å². The zero-order valence-corrected chi connectivity index (χ0v) is 15.5. The van der Waals surface area contributed by atoms with Crippen LogP contribution in [0.3, 0.4) is 0 Å². The van der Waals surface area contributed by atoms with Crippen molar-refractivity contribution in [2.75, 3.05) is 5.32 Å². The van der Waals surface area contributed by atoms with Gasteiger partial charge in [0.25, 0.3) is 11.1 Å². The molecule has 0 bridgehead atoms. The molecule has 1 aliphatic rings. The van der Waals surface area contributed by atoms with Crippen LogP contribution in [0.4, 0.5) is 14.9 Å². The molecule has 1 atom stereocenters. The number of rotatable bonds is 4. The fourth-order valence-electron chi connectivity index (χ4n) is 2.94. The molecule has 2 heterocycles. The molecule has 3 aromatic rings. The molecule has 0 radical (unpaired) electrons. The van der Waals surface area contributed by atoms with Gasteiger partial charge < -0.3 is 9.73 Å². The van der Waals surface area contributed by atoms with Gasteiger partial charge in [0, 0.05) is 11.8 Å². The highest BCUT2D eigenvalue weighted by atomic mass is 32.2. The number of carbonyl (C=O) groups is 3. The number of imide groups is 1. The maximum Gasteiger partial charge on any atom is 0.291 e. The average molecular weight is 412 g/mol. The van der Waals surface area contributed by atoms with Crippen molar-refractivity contribution >= 4 is 45.5 Å². The Kier molecular flexibility index (Phi) is 4.89. The minimum Gasteiger partial charge on any atom is -0.451 e. The van der Waals surface area contributed by atoms with E-state index in [-0.39, 0.29) is 27.9 Å². The number of amides is 3. The fraction of sp³-hybridized carbons (Fsp3) is 0.100. The summed E-state index contributed by atoms with van der Waals surface area (Å²) in [5, 5.41) is 3.78. The first-order valence-electron chi connectivity index (χ1n) is 8.55. The number of nitrogens with one attached hydrogen (secondary N) is 2. The van der Waals surface area contributed by atoms with Crippen LogP contribution in [0.15, 0.2) is 57.7 Å². The summed E-state index contributed by atoms with van der Waals surface area (Å²) in [5.74, 6) is -1.93. The lowest BCUT2D eigenvalue weighted by atomic mass is 10.1. The van der Waals surface area contributed by atoms with Gasteiger partial charge in [-0.2, -0.15) is 0 Å². The highest BCUT2D eigenvalue weighted by Crippen LogP contribution is 2.23. The zero-order valence-electron chi connectivity index (χ0n) is 14.7. The summed E-state index contributed by atoms with van der Waals surface area (Å²) in [4.78, 5) is 47.4. The topological polar surface area (TPSA) is 105 Å². The van der Waals surface area contributed by atoms with E-state index in [4.69, 9.17) is 4.42 Å². The Balaban J connectivity index is 1.49. The van der Waals surface area contributed by atoms with Crippen molar-refractivity contribution in [2.24, 2.45) is 0 Å². The molecular weight excluding hydrogens is 399 g/mol. The molecular formula is C20H13FN2O5S. The molecule has 0 saturated carbocycles. The standard InChI is InChI=1S/C20H13FN2O5S/c21-12-2-1-3-14-17(12)13(24)9-15(28-14)18(25)22-11-6-4-10(5-7-11)8-16-19(26)23-20(27)29-16/h1-7,9,16H,8H2,(H,22,25)(H,23,26,27). The second-order valence-corrected chi connectivity index (χ2v) is 7.50. The van der Waals surface area contributed by atoms with Gasteiger partial charge in [-0.25, -0.2) is 4.39 Å². The number of benzene rings is 2. The zero-order chi connectivity index (χ0) is 20.5. The number of anilines is 1.